The first kappa shape index (κ1) is 10.2. The van der Waals surface area contributed by atoms with Crippen LogP contribution in [0.15, 0.2) is 30.3 Å². The van der Waals surface area contributed by atoms with E-state index in [2.05, 4.69) is 9.76 Å². The molecule has 0 heterocycles. The zero-order valence-electron chi connectivity index (χ0n) is 6.97. The third-order valence-corrected chi connectivity index (χ3v) is 1.78. The molecule has 0 atom stereocenters. The Morgan fingerprint density at radius 1 is 1.23 bits per heavy atom. The molecule has 0 bridgehead atoms. The normalized spacial score (nSPS) is 10.5. The lowest BCUT2D eigenvalue weighted by molar-refractivity contribution is 0.216. The Hall–Kier alpha value is -0.910. The Kier molecular flexibility index (Phi) is 4.45. The standard InChI is InChI=1S/C8H11NO3S/c10-13(11)12-9-7-6-8-4-2-1-3-5-8/h1-5,9,13H,6-7H2. The minimum atomic E-state index is -2.79. The first-order valence-corrected chi connectivity index (χ1v) is 4.97. The average Bonchev–Trinajstić information content (AvgIpc) is 2.14. The number of nitrogens with one attached hydrogen (secondary N) is 1. The van der Waals surface area contributed by atoms with Crippen molar-refractivity contribution >= 4 is 11.0 Å². The van der Waals surface area contributed by atoms with Crippen LogP contribution in [-0.4, -0.2) is 15.0 Å². The summed E-state index contributed by atoms with van der Waals surface area (Å²) in [6, 6.07) is 9.74. The van der Waals surface area contributed by atoms with E-state index in [1.165, 1.54) is 0 Å². The Morgan fingerprint density at radius 3 is 2.54 bits per heavy atom. The maximum atomic E-state index is 9.96. The first-order chi connectivity index (χ1) is 6.29. The maximum Gasteiger partial charge on any atom is 0.273 e. The molecule has 0 aromatic heterocycles. The third kappa shape index (κ3) is 4.62. The van der Waals surface area contributed by atoms with Gasteiger partial charge in [-0.3, -0.25) is 0 Å². The molecule has 72 valence electrons. The van der Waals surface area contributed by atoms with Crippen molar-refractivity contribution in [1.82, 2.24) is 5.48 Å². The van der Waals surface area contributed by atoms with Gasteiger partial charge in [-0.05, 0) is 12.0 Å². The zero-order chi connectivity index (χ0) is 9.52. The van der Waals surface area contributed by atoms with Crippen LogP contribution in [0.25, 0.3) is 0 Å². The highest BCUT2D eigenvalue weighted by molar-refractivity contribution is 7.67. The van der Waals surface area contributed by atoms with E-state index in [1.54, 1.807) is 0 Å². The van der Waals surface area contributed by atoms with Crippen LogP contribution in [0.4, 0.5) is 0 Å². The number of hydroxylamine groups is 1. The lowest BCUT2D eigenvalue weighted by Gasteiger charge is -1.99. The van der Waals surface area contributed by atoms with E-state index < -0.39 is 11.0 Å². The van der Waals surface area contributed by atoms with Crippen LogP contribution < -0.4 is 5.48 Å². The second-order valence-electron chi connectivity index (χ2n) is 2.44. The molecular weight excluding hydrogens is 190 g/mol. The van der Waals surface area contributed by atoms with Crippen molar-refractivity contribution in [3.8, 4) is 0 Å². The van der Waals surface area contributed by atoms with Crippen LogP contribution in [0, 0.1) is 0 Å². The number of rotatable bonds is 5. The number of hydrogen-bond donors (Lipinski definition) is 2. The van der Waals surface area contributed by atoms with Gasteiger partial charge in [0.2, 0.25) is 0 Å². The molecular formula is C8H11NO3S. The number of hydrogen-bond acceptors (Lipinski definition) is 4. The highest BCUT2D eigenvalue weighted by Gasteiger charge is 1.91. The molecule has 0 saturated heterocycles. The van der Waals surface area contributed by atoms with Gasteiger partial charge in [0.25, 0.3) is 11.0 Å². The van der Waals surface area contributed by atoms with Gasteiger partial charge < -0.3 is 0 Å². The molecule has 1 aromatic carbocycles. The average molecular weight is 201 g/mol. The van der Waals surface area contributed by atoms with Gasteiger partial charge >= 0.3 is 0 Å². The van der Waals surface area contributed by atoms with Crippen molar-refractivity contribution in [2.24, 2.45) is 0 Å². The van der Waals surface area contributed by atoms with Gasteiger partial charge in [-0.2, -0.15) is 9.76 Å². The topological polar surface area (TPSA) is 55.4 Å². The lowest BCUT2D eigenvalue weighted by atomic mass is 10.2. The van der Waals surface area contributed by atoms with Crippen LogP contribution in [0.3, 0.4) is 0 Å². The Morgan fingerprint density at radius 2 is 1.92 bits per heavy atom. The summed E-state index contributed by atoms with van der Waals surface area (Å²) in [5, 5.41) is 0. The van der Waals surface area contributed by atoms with Crippen molar-refractivity contribution in [1.29, 1.82) is 0 Å². The molecule has 0 spiro atoms. The summed E-state index contributed by atoms with van der Waals surface area (Å²) in [4.78, 5) is 0. The molecule has 1 aromatic rings. The quantitative estimate of drug-likeness (QED) is 0.408. The van der Waals surface area contributed by atoms with Crippen LogP contribution in [0.1, 0.15) is 5.56 Å². The van der Waals surface area contributed by atoms with Crippen LogP contribution in [0.5, 0.6) is 0 Å². The predicted octanol–water partition coefficient (Wildman–Crippen LogP) is 0.277. The molecule has 4 nitrogen and oxygen atoms in total. The molecule has 0 unspecified atom stereocenters. The monoisotopic (exact) mass is 201 g/mol. The van der Waals surface area contributed by atoms with Crippen LogP contribution in [-0.2, 0) is 21.7 Å². The van der Waals surface area contributed by atoms with Crippen LogP contribution in [0.2, 0.25) is 0 Å². The van der Waals surface area contributed by atoms with E-state index in [9.17, 15) is 8.42 Å². The predicted molar refractivity (Wildman–Crippen MR) is 49.5 cm³/mol. The van der Waals surface area contributed by atoms with E-state index in [0.29, 0.717) is 6.54 Å². The van der Waals surface area contributed by atoms with Crippen molar-refractivity contribution < 1.29 is 12.7 Å². The van der Waals surface area contributed by atoms with Gasteiger partial charge in [0.05, 0.1) is 0 Å². The molecule has 0 aliphatic rings. The smallest absolute Gasteiger partial charge is 0.201 e. The lowest BCUT2D eigenvalue weighted by Crippen LogP contribution is -2.16. The SMILES string of the molecule is O=[SH](=O)ONCCc1ccccc1. The minimum absolute atomic E-state index is 0.479. The molecule has 0 aliphatic carbocycles. The van der Waals surface area contributed by atoms with E-state index in [1.807, 2.05) is 30.3 Å². The number of benzene rings is 1. The summed E-state index contributed by atoms with van der Waals surface area (Å²) in [5.41, 5.74) is 3.48. The molecule has 1 N–H and O–H groups in total. The van der Waals surface area contributed by atoms with Crippen molar-refractivity contribution in [2.45, 2.75) is 6.42 Å². The van der Waals surface area contributed by atoms with E-state index >= 15 is 0 Å². The molecule has 0 saturated carbocycles. The minimum Gasteiger partial charge on any atom is -0.201 e. The first-order valence-electron chi connectivity index (χ1n) is 3.87. The number of thiol groups is 1. The fraction of sp³-hybridized carbons (Fsp3) is 0.250. The fourth-order valence-electron chi connectivity index (χ4n) is 0.938. The Bertz CT molecular complexity index is 302. The van der Waals surface area contributed by atoms with Crippen molar-refractivity contribution in [2.75, 3.05) is 6.54 Å². The van der Waals surface area contributed by atoms with E-state index in [0.717, 1.165) is 12.0 Å². The summed E-state index contributed by atoms with van der Waals surface area (Å²) in [5.74, 6) is 0. The van der Waals surface area contributed by atoms with Gasteiger partial charge in [-0.25, -0.2) is 8.42 Å². The van der Waals surface area contributed by atoms with Crippen LogP contribution >= 0.6 is 0 Å². The maximum absolute atomic E-state index is 9.96. The highest BCUT2D eigenvalue weighted by Crippen LogP contribution is 1.97. The fourth-order valence-corrected chi connectivity index (χ4v) is 1.14. The molecule has 1 rings (SSSR count). The molecule has 5 heteroatoms. The molecule has 0 amide bonds. The molecule has 13 heavy (non-hydrogen) atoms. The summed E-state index contributed by atoms with van der Waals surface area (Å²) < 4.78 is 24.1. The second kappa shape index (κ2) is 5.69. The summed E-state index contributed by atoms with van der Waals surface area (Å²) in [7, 11) is -2.79. The summed E-state index contributed by atoms with van der Waals surface area (Å²) >= 11 is 0. The van der Waals surface area contributed by atoms with Gasteiger partial charge in [-0.1, -0.05) is 30.3 Å². The van der Waals surface area contributed by atoms with Gasteiger partial charge in [0.1, 0.15) is 0 Å². The Labute approximate surface area is 78.6 Å². The summed E-state index contributed by atoms with van der Waals surface area (Å²) in [6.07, 6.45) is 0.740. The molecule has 0 radical (unpaired) electrons. The van der Waals surface area contributed by atoms with Crippen molar-refractivity contribution in [3.05, 3.63) is 35.9 Å². The van der Waals surface area contributed by atoms with Crippen molar-refractivity contribution in [3.63, 3.8) is 0 Å². The highest BCUT2D eigenvalue weighted by atomic mass is 32.2. The van der Waals surface area contributed by atoms with Gasteiger partial charge in [0.15, 0.2) is 0 Å². The van der Waals surface area contributed by atoms with Gasteiger partial charge in [0, 0.05) is 6.54 Å². The molecule has 0 fully saturated rings. The Balaban J connectivity index is 2.20. The van der Waals surface area contributed by atoms with E-state index in [-0.39, 0.29) is 0 Å². The van der Waals surface area contributed by atoms with Gasteiger partial charge in [-0.15, -0.1) is 0 Å². The molecule has 0 aliphatic heterocycles. The largest absolute Gasteiger partial charge is 0.273 e. The zero-order valence-corrected chi connectivity index (χ0v) is 7.87. The summed E-state index contributed by atoms with van der Waals surface area (Å²) in [6.45, 7) is 0.479. The third-order valence-electron chi connectivity index (χ3n) is 1.50. The van der Waals surface area contributed by atoms with E-state index in [4.69, 9.17) is 0 Å². The second-order valence-corrected chi connectivity index (χ2v) is 3.07.